The molecule has 6 heteroatoms. The van der Waals surface area contributed by atoms with E-state index in [0.29, 0.717) is 0 Å². The summed E-state index contributed by atoms with van der Waals surface area (Å²) >= 11 is 1.67. The van der Waals surface area contributed by atoms with Gasteiger partial charge in [0, 0.05) is 17.3 Å². The fourth-order valence-electron chi connectivity index (χ4n) is 1.33. The minimum Gasteiger partial charge on any atom is -0.265 e. The van der Waals surface area contributed by atoms with Crippen LogP contribution in [0.2, 0.25) is 0 Å². The first-order valence-electron chi connectivity index (χ1n) is 5.53. The van der Waals surface area contributed by atoms with Gasteiger partial charge in [-0.3, -0.25) is 9.78 Å². The van der Waals surface area contributed by atoms with E-state index >= 15 is 0 Å². The summed E-state index contributed by atoms with van der Waals surface area (Å²) in [6.45, 7) is 0. The molecule has 0 saturated heterocycles. The summed E-state index contributed by atoms with van der Waals surface area (Å²) in [5, 5.41) is 3.87. The number of benzene rings is 1. The highest BCUT2D eigenvalue weighted by Gasteiger charge is 2.04. The Bertz CT molecular complexity index is 569. The van der Waals surface area contributed by atoms with Crippen LogP contribution in [0.4, 0.5) is 0 Å². The molecule has 0 fully saturated rings. The van der Waals surface area contributed by atoms with Gasteiger partial charge in [-0.1, -0.05) is 12.1 Å². The number of carbonyl (C=O) groups is 1. The van der Waals surface area contributed by atoms with Crippen molar-refractivity contribution in [1.82, 2.24) is 15.4 Å². The van der Waals surface area contributed by atoms with Crippen molar-refractivity contribution < 1.29 is 4.79 Å². The van der Waals surface area contributed by atoms with E-state index in [9.17, 15) is 4.79 Å². The number of hydrogen-bond acceptors (Lipinski definition) is 5. The van der Waals surface area contributed by atoms with Gasteiger partial charge in [-0.2, -0.15) is 5.10 Å². The Kier molecular flexibility index (Phi) is 4.63. The molecule has 0 aliphatic rings. The van der Waals surface area contributed by atoms with Crippen LogP contribution in [0, 0.1) is 0 Å². The summed E-state index contributed by atoms with van der Waals surface area (Å²) in [4.78, 5) is 20.5. The van der Waals surface area contributed by atoms with E-state index in [0.717, 1.165) is 5.56 Å². The first-order chi connectivity index (χ1) is 9.29. The van der Waals surface area contributed by atoms with E-state index in [1.807, 2.05) is 30.5 Å². The molecule has 0 saturated carbocycles. The number of thioether (sulfide) groups is 1. The van der Waals surface area contributed by atoms with Crippen LogP contribution in [0.3, 0.4) is 0 Å². The summed E-state index contributed by atoms with van der Waals surface area (Å²) in [5.41, 5.74) is 3.55. The third-order valence-electron chi connectivity index (χ3n) is 2.29. The van der Waals surface area contributed by atoms with Gasteiger partial charge >= 0.3 is 0 Å². The number of aromatic nitrogens is 2. The Morgan fingerprint density at radius 3 is 2.74 bits per heavy atom. The molecule has 0 spiro atoms. The highest BCUT2D eigenvalue weighted by atomic mass is 32.2. The molecule has 1 aromatic carbocycles. The summed E-state index contributed by atoms with van der Waals surface area (Å²) in [6.07, 6.45) is 7.95. The van der Waals surface area contributed by atoms with Gasteiger partial charge in [0.15, 0.2) is 0 Å². The molecule has 1 amide bonds. The lowest BCUT2D eigenvalue weighted by atomic mass is 10.2. The molecule has 0 unspecified atom stereocenters. The SMILES string of the molecule is CSc1ccc(C=NNC(=O)c2cnccn2)cc1. The molecule has 0 atom stereocenters. The summed E-state index contributed by atoms with van der Waals surface area (Å²) in [5.74, 6) is -0.384. The topological polar surface area (TPSA) is 67.2 Å². The minimum atomic E-state index is -0.384. The first kappa shape index (κ1) is 13.2. The van der Waals surface area contributed by atoms with Gasteiger partial charge in [0.25, 0.3) is 5.91 Å². The molecule has 1 heterocycles. The molecule has 0 bridgehead atoms. The van der Waals surface area contributed by atoms with Crippen molar-refractivity contribution in [1.29, 1.82) is 0 Å². The molecule has 96 valence electrons. The molecule has 2 rings (SSSR count). The predicted octanol–water partition coefficient (Wildman–Crippen LogP) is 1.96. The molecular formula is C13H12N4OS. The summed E-state index contributed by atoms with van der Waals surface area (Å²) < 4.78 is 0. The third-order valence-corrected chi connectivity index (χ3v) is 3.03. The Balaban J connectivity index is 1.94. The van der Waals surface area contributed by atoms with Crippen LogP contribution in [0.1, 0.15) is 16.1 Å². The Morgan fingerprint density at radius 1 is 1.32 bits per heavy atom. The number of amides is 1. The normalized spacial score (nSPS) is 10.6. The standard InChI is InChI=1S/C13H12N4OS/c1-19-11-4-2-10(3-5-11)8-16-17-13(18)12-9-14-6-7-15-12/h2-9H,1H3,(H,17,18). The number of rotatable bonds is 4. The lowest BCUT2D eigenvalue weighted by molar-refractivity contribution is 0.0950. The van der Waals surface area contributed by atoms with E-state index in [-0.39, 0.29) is 11.6 Å². The quantitative estimate of drug-likeness (QED) is 0.525. The van der Waals surface area contributed by atoms with Crippen LogP contribution in [-0.4, -0.2) is 28.3 Å². The maximum atomic E-state index is 11.6. The van der Waals surface area contributed by atoms with Crippen LogP contribution >= 0.6 is 11.8 Å². The molecule has 5 nitrogen and oxygen atoms in total. The predicted molar refractivity (Wildman–Crippen MR) is 75.3 cm³/mol. The van der Waals surface area contributed by atoms with Gasteiger partial charge in [-0.15, -0.1) is 11.8 Å². The van der Waals surface area contributed by atoms with Crippen molar-refractivity contribution in [2.24, 2.45) is 5.10 Å². The zero-order chi connectivity index (χ0) is 13.5. The van der Waals surface area contributed by atoms with Gasteiger partial charge in [0.05, 0.1) is 12.4 Å². The lowest BCUT2D eigenvalue weighted by Gasteiger charge is -1.98. The van der Waals surface area contributed by atoms with E-state index in [4.69, 9.17) is 0 Å². The van der Waals surface area contributed by atoms with Gasteiger partial charge < -0.3 is 0 Å². The Hall–Kier alpha value is -2.21. The second-order valence-electron chi connectivity index (χ2n) is 3.56. The number of carbonyl (C=O) groups excluding carboxylic acids is 1. The van der Waals surface area contributed by atoms with E-state index in [2.05, 4.69) is 20.5 Å². The van der Waals surface area contributed by atoms with Gasteiger partial charge in [-0.05, 0) is 24.0 Å². The monoisotopic (exact) mass is 272 g/mol. The Morgan fingerprint density at radius 2 is 2.11 bits per heavy atom. The summed E-state index contributed by atoms with van der Waals surface area (Å²) in [6, 6.07) is 7.86. The molecule has 0 aliphatic heterocycles. The second-order valence-corrected chi connectivity index (χ2v) is 4.44. The lowest BCUT2D eigenvalue weighted by Crippen LogP contribution is -2.19. The number of nitrogens with zero attached hydrogens (tertiary/aromatic N) is 3. The van der Waals surface area contributed by atoms with Crippen LogP contribution < -0.4 is 5.43 Å². The highest BCUT2D eigenvalue weighted by molar-refractivity contribution is 7.98. The maximum Gasteiger partial charge on any atom is 0.291 e. The maximum absolute atomic E-state index is 11.6. The van der Waals surface area contributed by atoms with Crippen molar-refractivity contribution in [3.05, 3.63) is 54.1 Å². The van der Waals surface area contributed by atoms with Crippen LogP contribution in [0.5, 0.6) is 0 Å². The van der Waals surface area contributed by atoms with Crippen molar-refractivity contribution in [3.8, 4) is 0 Å². The van der Waals surface area contributed by atoms with Crippen LogP contribution in [0.15, 0.2) is 52.9 Å². The molecule has 1 aromatic heterocycles. The van der Waals surface area contributed by atoms with Crippen LogP contribution in [-0.2, 0) is 0 Å². The Labute approximate surface area is 115 Å². The molecule has 2 aromatic rings. The zero-order valence-electron chi connectivity index (χ0n) is 10.3. The molecule has 19 heavy (non-hydrogen) atoms. The first-order valence-corrected chi connectivity index (χ1v) is 6.75. The smallest absolute Gasteiger partial charge is 0.265 e. The number of hydrazone groups is 1. The summed E-state index contributed by atoms with van der Waals surface area (Å²) in [7, 11) is 0. The largest absolute Gasteiger partial charge is 0.291 e. The van der Waals surface area contributed by atoms with Crippen molar-refractivity contribution >= 4 is 23.9 Å². The fraction of sp³-hybridized carbons (Fsp3) is 0.0769. The van der Waals surface area contributed by atoms with Gasteiger partial charge in [0.1, 0.15) is 5.69 Å². The van der Waals surface area contributed by atoms with Crippen molar-refractivity contribution in [2.75, 3.05) is 6.26 Å². The minimum absolute atomic E-state index is 0.234. The van der Waals surface area contributed by atoms with Crippen molar-refractivity contribution in [3.63, 3.8) is 0 Å². The zero-order valence-corrected chi connectivity index (χ0v) is 11.1. The average molecular weight is 272 g/mol. The molecule has 0 radical (unpaired) electrons. The number of hydrogen-bond donors (Lipinski definition) is 1. The third kappa shape index (κ3) is 3.89. The average Bonchev–Trinajstić information content (AvgIpc) is 2.49. The van der Waals surface area contributed by atoms with Gasteiger partial charge in [-0.25, -0.2) is 10.4 Å². The highest BCUT2D eigenvalue weighted by Crippen LogP contribution is 2.13. The van der Waals surface area contributed by atoms with E-state index in [1.54, 1.807) is 18.0 Å². The second kappa shape index (κ2) is 6.65. The van der Waals surface area contributed by atoms with E-state index < -0.39 is 0 Å². The van der Waals surface area contributed by atoms with Gasteiger partial charge in [0.2, 0.25) is 0 Å². The molecule has 0 aliphatic carbocycles. The van der Waals surface area contributed by atoms with Crippen LogP contribution in [0.25, 0.3) is 0 Å². The molecular weight excluding hydrogens is 260 g/mol. The number of nitrogens with one attached hydrogen (secondary N) is 1. The fourth-order valence-corrected chi connectivity index (χ4v) is 1.74. The molecule has 1 N–H and O–H groups in total. The van der Waals surface area contributed by atoms with Crippen molar-refractivity contribution in [2.45, 2.75) is 4.90 Å². The van der Waals surface area contributed by atoms with E-state index in [1.165, 1.54) is 23.5 Å².